The van der Waals surface area contributed by atoms with E-state index < -0.39 is 0 Å². The smallest absolute Gasteiger partial charge is 0.162 e. The number of halogens is 1. The first kappa shape index (κ1) is 18.8. The Morgan fingerprint density at radius 3 is 2.79 bits per heavy atom. The highest BCUT2D eigenvalue weighted by Gasteiger charge is 2.42. The van der Waals surface area contributed by atoms with Crippen LogP contribution in [0.15, 0.2) is 42.5 Å². The van der Waals surface area contributed by atoms with Gasteiger partial charge >= 0.3 is 0 Å². The molecular weight excluding hydrogens is 363 g/mol. The van der Waals surface area contributed by atoms with Crippen molar-refractivity contribution in [2.24, 2.45) is 0 Å². The molecule has 0 bridgehead atoms. The molecule has 0 amide bonds. The molecule has 3 aliphatic rings. The maximum Gasteiger partial charge on any atom is 0.162 e. The Labute approximate surface area is 172 Å². The first-order valence-electron chi connectivity index (χ1n) is 11.1. The number of piperidine rings is 1. The number of aryl methyl sites for hydroxylation is 1. The number of hydrogen-bond donors (Lipinski definition) is 0. The summed E-state index contributed by atoms with van der Waals surface area (Å²) in [5.41, 5.74) is 5.27. The fraction of sp³-hybridized carbons (Fsp3) is 0.480. The first-order chi connectivity index (χ1) is 14.2. The van der Waals surface area contributed by atoms with E-state index in [1.54, 1.807) is 28.9 Å². The molecule has 4 heteroatoms. The van der Waals surface area contributed by atoms with Crippen LogP contribution >= 0.6 is 0 Å². The van der Waals surface area contributed by atoms with Gasteiger partial charge in [0.05, 0.1) is 0 Å². The van der Waals surface area contributed by atoms with Crippen LogP contribution < -0.4 is 4.90 Å². The van der Waals surface area contributed by atoms with Gasteiger partial charge in [-0.25, -0.2) is 4.39 Å². The zero-order valence-corrected chi connectivity index (χ0v) is 16.9. The highest BCUT2D eigenvalue weighted by Crippen LogP contribution is 2.47. The maximum atomic E-state index is 13.0. The van der Waals surface area contributed by atoms with Crippen LogP contribution in [0, 0.1) is 5.82 Å². The van der Waals surface area contributed by atoms with Crippen LogP contribution in [0.5, 0.6) is 0 Å². The molecule has 2 aromatic rings. The van der Waals surface area contributed by atoms with Crippen molar-refractivity contribution >= 4 is 11.5 Å². The van der Waals surface area contributed by atoms with Gasteiger partial charge in [0, 0.05) is 49.3 Å². The quantitative estimate of drug-likeness (QED) is 0.683. The van der Waals surface area contributed by atoms with Crippen molar-refractivity contribution in [1.29, 1.82) is 0 Å². The van der Waals surface area contributed by atoms with Gasteiger partial charge in [-0.3, -0.25) is 4.79 Å². The highest BCUT2D eigenvalue weighted by atomic mass is 19.1. The lowest BCUT2D eigenvalue weighted by Crippen LogP contribution is -2.46. The third-order valence-electron chi connectivity index (χ3n) is 7.04. The van der Waals surface area contributed by atoms with Crippen LogP contribution in [0.25, 0.3) is 0 Å². The maximum absolute atomic E-state index is 13.0. The Balaban J connectivity index is 1.22. The van der Waals surface area contributed by atoms with Crippen molar-refractivity contribution in [3.63, 3.8) is 0 Å². The van der Waals surface area contributed by atoms with E-state index in [4.69, 9.17) is 0 Å². The minimum Gasteiger partial charge on any atom is -0.367 e. The van der Waals surface area contributed by atoms with Crippen molar-refractivity contribution in [2.45, 2.75) is 50.5 Å². The number of carbonyl (C=O) groups excluding carboxylic acids is 1. The van der Waals surface area contributed by atoms with E-state index in [-0.39, 0.29) is 11.6 Å². The van der Waals surface area contributed by atoms with Gasteiger partial charge in [-0.05, 0) is 74.0 Å². The molecule has 3 nitrogen and oxygen atoms in total. The SMILES string of the molecule is O=C(CCCN1CC[C@@H]2[C@H](C1)c1cccc3c1N2CCCC3)c1ccc(F)cc1. The molecule has 152 valence electrons. The number of carbonyl (C=O) groups is 1. The normalized spacial score (nSPS) is 23.4. The van der Waals surface area contributed by atoms with Crippen molar-refractivity contribution in [2.75, 3.05) is 31.1 Å². The number of anilines is 1. The lowest BCUT2D eigenvalue weighted by Gasteiger charge is -2.39. The van der Waals surface area contributed by atoms with Crippen LogP contribution in [-0.4, -0.2) is 42.9 Å². The molecule has 2 aromatic carbocycles. The second kappa shape index (κ2) is 7.91. The summed E-state index contributed by atoms with van der Waals surface area (Å²) >= 11 is 0. The topological polar surface area (TPSA) is 23.6 Å². The minimum absolute atomic E-state index is 0.115. The summed E-state index contributed by atoms with van der Waals surface area (Å²) in [5.74, 6) is 0.423. The van der Waals surface area contributed by atoms with E-state index in [1.165, 1.54) is 44.4 Å². The molecule has 0 spiro atoms. The van der Waals surface area contributed by atoms with Gasteiger partial charge in [0.25, 0.3) is 0 Å². The summed E-state index contributed by atoms with van der Waals surface area (Å²) in [6.07, 6.45) is 6.43. The fourth-order valence-electron chi connectivity index (χ4n) is 5.64. The Hall–Kier alpha value is -2.20. The van der Waals surface area contributed by atoms with Crippen LogP contribution in [-0.2, 0) is 6.42 Å². The summed E-state index contributed by atoms with van der Waals surface area (Å²) < 4.78 is 13.0. The van der Waals surface area contributed by atoms with Crippen LogP contribution in [0.3, 0.4) is 0 Å². The molecule has 0 unspecified atom stereocenters. The third-order valence-corrected chi connectivity index (χ3v) is 7.04. The molecule has 0 saturated carbocycles. The second-order valence-corrected chi connectivity index (χ2v) is 8.80. The Morgan fingerprint density at radius 1 is 1.07 bits per heavy atom. The largest absolute Gasteiger partial charge is 0.367 e. The van der Waals surface area contributed by atoms with Gasteiger partial charge in [0.1, 0.15) is 5.82 Å². The number of fused-ring (bicyclic) bond motifs is 3. The van der Waals surface area contributed by atoms with Gasteiger partial charge < -0.3 is 9.80 Å². The summed E-state index contributed by atoms with van der Waals surface area (Å²) in [7, 11) is 0. The number of Topliss-reactive ketones (excluding diaryl/α,β-unsaturated/α-hetero) is 1. The molecule has 3 heterocycles. The van der Waals surface area contributed by atoms with E-state index in [0.717, 1.165) is 26.1 Å². The Morgan fingerprint density at radius 2 is 1.93 bits per heavy atom. The molecule has 0 N–H and O–H groups in total. The second-order valence-electron chi connectivity index (χ2n) is 8.80. The fourth-order valence-corrected chi connectivity index (χ4v) is 5.64. The number of likely N-dealkylation sites (tertiary alicyclic amines) is 1. The molecule has 0 aromatic heterocycles. The van der Waals surface area contributed by atoms with Gasteiger partial charge in [-0.2, -0.15) is 0 Å². The molecular formula is C25H29FN2O. The van der Waals surface area contributed by atoms with E-state index in [2.05, 4.69) is 28.0 Å². The molecule has 1 fully saturated rings. The average molecular weight is 393 g/mol. The molecule has 3 aliphatic heterocycles. The predicted molar refractivity (Wildman–Crippen MR) is 114 cm³/mol. The van der Waals surface area contributed by atoms with E-state index in [9.17, 15) is 9.18 Å². The van der Waals surface area contributed by atoms with E-state index in [0.29, 0.717) is 23.9 Å². The van der Waals surface area contributed by atoms with Crippen molar-refractivity contribution in [3.05, 3.63) is 65.0 Å². The van der Waals surface area contributed by atoms with Crippen LogP contribution in [0.4, 0.5) is 10.1 Å². The average Bonchev–Trinajstić information content (AvgIpc) is 2.89. The first-order valence-corrected chi connectivity index (χ1v) is 11.1. The summed E-state index contributed by atoms with van der Waals surface area (Å²) in [6, 6.07) is 13.5. The lowest BCUT2D eigenvalue weighted by molar-refractivity contribution is 0.0971. The number of nitrogens with zero attached hydrogens (tertiary/aromatic N) is 2. The Bertz CT molecular complexity index is 894. The van der Waals surface area contributed by atoms with E-state index in [1.807, 2.05) is 0 Å². The summed E-state index contributed by atoms with van der Waals surface area (Å²) in [6.45, 7) is 4.39. The van der Waals surface area contributed by atoms with Gasteiger partial charge in [0.15, 0.2) is 5.78 Å². The van der Waals surface area contributed by atoms with Gasteiger partial charge in [0.2, 0.25) is 0 Å². The monoisotopic (exact) mass is 392 g/mol. The number of hydrogen-bond acceptors (Lipinski definition) is 3. The zero-order chi connectivity index (χ0) is 19.8. The van der Waals surface area contributed by atoms with Gasteiger partial charge in [-0.15, -0.1) is 0 Å². The molecule has 5 rings (SSSR count). The third kappa shape index (κ3) is 3.59. The summed E-state index contributed by atoms with van der Waals surface area (Å²) in [4.78, 5) is 17.6. The molecule has 1 saturated heterocycles. The molecule has 2 atom stereocenters. The van der Waals surface area contributed by atoms with Crippen molar-refractivity contribution in [3.8, 4) is 0 Å². The van der Waals surface area contributed by atoms with Crippen LogP contribution in [0.2, 0.25) is 0 Å². The number of para-hydroxylation sites is 1. The van der Waals surface area contributed by atoms with Crippen molar-refractivity contribution in [1.82, 2.24) is 4.90 Å². The van der Waals surface area contributed by atoms with Crippen molar-refractivity contribution < 1.29 is 9.18 Å². The molecule has 0 aliphatic carbocycles. The van der Waals surface area contributed by atoms with Gasteiger partial charge in [-0.1, -0.05) is 18.2 Å². The van der Waals surface area contributed by atoms with Crippen LogP contribution in [0.1, 0.15) is 59.5 Å². The standard InChI is InChI=1S/C25H29FN2O/c26-20-11-9-18(10-12-20)24(29)8-4-14-27-16-13-23-22(17-27)21-7-3-6-19-5-1-2-15-28(23)25(19)21/h3,6-7,9-12,22-23H,1-2,4-5,8,13-17H2/t22-,23-/m1/s1. The highest BCUT2D eigenvalue weighted by molar-refractivity contribution is 5.95. The number of ketones is 1. The predicted octanol–water partition coefficient (Wildman–Crippen LogP) is 4.80. The lowest BCUT2D eigenvalue weighted by atomic mass is 9.88. The molecule has 0 radical (unpaired) electrons. The Kier molecular flexibility index (Phi) is 5.13. The minimum atomic E-state index is -0.293. The van der Waals surface area contributed by atoms with E-state index >= 15 is 0 Å². The number of rotatable bonds is 5. The summed E-state index contributed by atoms with van der Waals surface area (Å²) in [5, 5.41) is 0. The molecule has 29 heavy (non-hydrogen) atoms. The number of benzene rings is 2. The zero-order valence-electron chi connectivity index (χ0n) is 16.9.